The van der Waals surface area contributed by atoms with E-state index in [1.807, 2.05) is 0 Å². The number of fused-ring (bicyclic) bond motifs is 1. The van der Waals surface area contributed by atoms with E-state index >= 15 is 0 Å². The molecule has 1 nitrogen and oxygen atoms in total. The molecule has 0 aliphatic heterocycles. The van der Waals surface area contributed by atoms with Gasteiger partial charge in [-0.15, -0.1) is 0 Å². The Hall–Kier alpha value is -0.590. The molecule has 0 heterocycles. The Morgan fingerprint density at radius 1 is 1.27 bits per heavy atom. The molecule has 0 aromatic rings. The summed E-state index contributed by atoms with van der Waals surface area (Å²) < 4.78 is 0. The van der Waals surface area contributed by atoms with Crippen LogP contribution in [0, 0.1) is 11.8 Å². The molecule has 0 amide bonds. The summed E-state index contributed by atoms with van der Waals surface area (Å²) in [6, 6.07) is 0. The molecule has 0 aromatic heterocycles. The molecule has 0 N–H and O–H groups in total. The van der Waals surface area contributed by atoms with Crippen molar-refractivity contribution in [1.29, 1.82) is 0 Å². The number of rotatable bonds is 0. The van der Waals surface area contributed by atoms with Crippen molar-refractivity contribution in [2.75, 3.05) is 0 Å². The van der Waals surface area contributed by atoms with Crippen LogP contribution in [0.2, 0.25) is 0 Å². The van der Waals surface area contributed by atoms with Crippen LogP contribution < -0.4 is 0 Å². The van der Waals surface area contributed by atoms with Crippen molar-refractivity contribution in [2.45, 2.75) is 32.1 Å². The number of carbonyl (C=O) groups is 1. The van der Waals surface area contributed by atoms with Gasteiger partial charge < -0.3 is 0 Å². The molecular weight excluding hydrogens is 136 g/mol. The van der Waals surface area contributed by atoms with Gasteiger partial charge in [0, 0.05) is 5.92 Å². The molecule has 0 bridgehead atoms. The van der Waals surface area contributed by atoms with Gasteiger partial charge in [-0.2, -0.15) is 0 Å². The zero-order valence-corrected chi connectivity index (χ0v) is 6.75. The fraction of sp³-hybridized carbons (Fsp3) is 0.700. The van der Waals surface area contributed by atoms with Gasteiger partial charge in [0.05, 0.1) is 0 Å². The lowest BCUT2D eigenvalue weighted by atomic mass is 9.73. The second kappa shape index (κ2) is 2.80. The lowest BCUT2D eigenvalue weighted by Crippen LogP contribution is -2.28. The summed E-state index contributed by atoms with van der Waals surface area (Å²) in [5.41, 5.74) is 0. The van der Waals surface area contributed by atoms with E-state index in [-0.39, 0.29) is 0 Å². The molecule has 2 aliphatic carbocycles. The van der Waals surface area contributed by atoms with E-state index in [1.54, 1.807) is 6.08 Å². The van der Waals surface area contributed by atoms with E-state index in [0.29, 0.717) is 17.6 Å². The quantitative estimate of drug-likeness (QED) is 0.518. The molecule has 2 rings (SSSR count). The largest absolute Gasteiger partial charge is 0.295 e. The maximum atomic E-state index is 11.3. The van der Waals surface area contributed by atoms with Crippen LogP contribution in [0.1, 0.15) is 32.1 Å². The summed E-state index contributed by atoms with van der Waals surface area (Å²) in [6.07, 6.45) is 10.0. The predicted molar refractivity (Wildman–Crippen MR) is 44.2 cm³/mol. The summed E-state index contributed by atoms with van der Waals surface area (Å²) in [7, 11) is 0. The molecule has 2 atom stereocenters. The molecule has 0 unspecified atom stereocenters. The SMILES string of the molecule is O=C1C=CC[C@@H]2CCCC[C@H]12. The predicted octanol–water partition coefficient (Wildman–Crippen LogP) is 2.32. The first-order valence-electron chi connectivity index (χ1n) is 4.58. The average molecular weight is 150 g/mol. The fourth-order valence-electron chi connectivity index (χ4n) is 2.35. The Labute approximate surface area is 67.5 Å². The maximum Gasteiger partial charge on any atom is 0.158 e. The Balaban J connectivity index is 2.14. The molecule has 1 fully saturated rings. The normalized spacial score (nSPS) is 36.9. The van der Waals surface area contributed by atoms with Gasteiger partial charge in [0.2, 0.25) is 0 Å². The highest BCUT2D eigenvalue weighted by Gasteiger charge is 2.30. The van der Waals surface area contributed by atoms with Crippen molar-refractivity contribution in [3.8, 4) is 0 Å². The van der Waals surface area contributed by atoms with Gasteiger partial charge >= 0.3 is 0 Å². The van der Waals surface area contributed by atoms with E-state index in [4.69, 9.17) is 0 Å². The number of hydrogen-bond acceptors (Lipinski definition) is 1. The van der Waals surface area contributed by atoms with Crippen molar-refractivity contribution in [1.82, 2.24) is 0 Å². The van der Waals surface area contributed by atoms with E-state index < -0.39 is 0 Å². The van der Waals surface area contributed by atoms with Crippen LogP contribution in [-0.4, -0.2) is 5.78 Å². The summed E-state index contributed by atoms with van der Waals surface area (Å²) in [6.45, 7) is 0. The topological polar surface area (TPSA) is 17.1 Å². The summed E-state index contributed by atoms with van der Waals surface area (Å²) in [5.74, 6) is 1.48. The van der Waals surface area contributed by atoms with Crippen molar-refractivity contribution >= 4 is 5.78 Å². The Morgan fingerprint density at radius 2 is 2.09 bits per heavy atom. The van der Waals surface area contributed by atoms with Crippen LogP contribution in [0.4, 0.5) is 0 Å². The molecule has 1 saturated carbocycles. The minimum Gasteiger partial charge on any atom is -0.295 e. The van der Waals surface area contributed by atoms with Gasteiger partial charge in [-0.25, -0.2) is 0 Å². The molecule has 0 radical (unpaired) electrons. The van der Waals surface area contributed by atoms with E-state index in [0.717, 1.165) is 12.8 Å². The van der Waals surface area contributed by atoms with E-state index in [9.17, 15) is 4.79 Å². The highest BCUT2D eigenvalue weighted by Crippen LogP contribution is 2.35. The standard InChI is InChI=1S/C10H14O/c11-10-7-3-5-8-4-1-2-6-9(8)10/h3,7-9H,1-2,4-6H2/t8-,9-/m0/s1. The minimum absolute atomic E-state index is 0.390. The van der Waals surface area contributed by atoms with Crippen LogP contribution in [0.3, 0.4) is 0 Å². The van der Waals surface area contributed by atoms with Gasteiger partial charge in [-0.05, 0) is 31.3 Å². The van der Waals surface area contributed by atoms with Crippen molar-refractivity contribution in [3.05, 3.63) is 12.2 Å². The molecule has 0 spiro atoms. The number of carbonyl (C=O) groups excluding carboxylic acids is 1. The Morgan fingerprint density at radius 3 is 2.91 bits per heavy atom. The van der Waals surface area contributed by atoms with Gasteiger partial charge in [0.1, 0.15) is 0 Å². The molecule has 60 valence electrons. The highest BCUT2D eigenvalue weighted by molar-refractivity contribution is 5.92. The fourth-order valence-corrected chi connectivity index (χ4v) is 2.35. The molecular formula is C10H14O. The summed E-state index contributed by atoms with van der Waals surface area (Å²) in [4.78, 5) is 11.3. The Kier molecular flexibility index (Phi) is 1.80. The van der Waals surface area contributed by atoms with Crippen LogP contribution in [0.25, 0.3) is 0 Å². The molecule has 1 heteroatoms. The summed E-state index contributed by atoms with van der Waals surface area (Å²) >= 11 is 0. The lowest BCUT2D eigenvalue weighted by molar-refractivity contribution is -0.121. The average Bonchev–Trinajstić information content (AvgIpc) is 2.06. The molecule has 0 aromatic carbocycles. The second-order valence-corrected chi connectivity index (χ2v) is 3.69. The second-order valence-electron chi connectivity index (χ2n) is 3.69. The van der Waals surface area contributed by atoms with Gasteiger partial charge in [-0.3, -0.25) is 4.79 Å². The minimum atomic E-state index is 0.390. The number of ketones is 1. The first-order chi connectivity index (χ1) is 5.38. The smallest absolute Gasteiger partial charge is 0.158 e. The Bertz CT molecular complexity index is 193. The number of allylic oxidation sites excluding steroid dienone is 2. The van der Waals surface area contributed by atoms with Crippen LogP contribution in [0.5, 0.6) is 0 Å². The monoisotopic (exact) mass is 150 g/mol. The highest BCUT2D eigenvalue weighted by atomic mass is 16.1. The zero-order chi connectivity index (χ0) is 7.68. The van der Waals surface area contributed by atoms with Gasteiger partial charge in [-0.1, -0.05) is 18.9 Å². The first kappa shape index (κ1) is 7.08. The van der Waals surface area contributed by atoms with Crippen molar-refractivity contribution < 1.29 is 4.79 Å². The first-order valence-corrected chi connectivity index (χ1v) is 4.58. The lowest BCUT2D eigenvalue weighted by Gasteiger charge is -2.31. The third-order valence-corrected chi connectivity index (χ3v) is 3.00. The van der Waals surface area contributed by atoms with Crippen molar-refractivity contribution in [3.63, 3.8) is 0 Å². The van der Waals surface area contributed by atoms with Gasteiger partial charge in [0.25, 0.3) is 0 Å². The van der Waals surface area contributed by atoms with Crippen molar-refractivity contribution in [2.24, 2.45) is 11.8 Å². The summed E-state index contributed by atoms with van der Waals surface area (Å²) in [5, 5.41) is 0. The molecule has 0 saturated heterocycles. The van der Waals surface area contributed by atoms with E-state index in [1.165, 1.54) is 19.3 Å². The molecule has 2 aliphatic rings. The third kappa shape index (κ3) is 1.24. The van der Waals surface area contributed by atoms with Crippen LogP contribution >= 0.6 is 0 Å². The van der Waals surface area contributed by atoms with E-state index in [2.05, 4.69) is 6.08 Å². The third-order valence-electron chi connectivity index (χ3n) is 3.00. The van der Waals surface area contributed by atoms with Crippen LogP contribution in [-0.2, 0) is 4.79 Å². The number of hydrogen-bond donors (Lipinski definition) is 0. The van der Waals surface area contributed by atoms with Crippen LogP contribution in [0.15, 0.2) is 12.2 Å². The van der Waals surface area contributed by atoms with Gasteiger partial charge in [0.15, 0.2) is 5.78 Å². The zero-order valence-electron chi connectivity index (χ0n) is 6.75. The molecule has 11 heavy (non-hydrogen) atoms. The maximum absolute atomic E-state index is 11.3.